The van der Waals surface area contributed by atoms with Crippen LogP contribution in [-0.2, 0) is 9.59 Å². The molecule has 0 aliphatic carbocycles. The summed E-state index contributed by atoms with van der Waals surface area (Å²) in [4.78, 5) is 19.3. The van der Waals surface area contributed by atoms with Crippen LogP contribution in [0.3, 0.4) is 0 Å². The van der Waals surface area contributed by atoms with Crippen molar-refractivity contribution in [2.45, 2.75) is 12.8 Å². The Hall–Kier alpha value is -1.14. The topological polar surface area (TPSA) is 107 Å². The Morgan fingerprint density at radius 2 is 1.54 bits per heavy atom. The SMILES string of the molecule is CNCCO.O=C(O)CCC(=O)O. The summed E-state index contributed by atoms with van der Waals surface area (Å²) in [5.74, 6) is -2.15. The molecule has 78 valence electrons. The van der Waals surface area contributed by atoms with Gasteiger partial charge in [-0.3, -0.25) is 9.59 Å². The molecule has 6 heteroatoms. The number of carboxylic acid groups (broad SMARTS) is 2. The second kappa shape index (κ2) is 10.9. The minimum absolute atomic E-state index is 0.233. The zero-order chi connectivity index (χ0) is 10.7. The molecular formula is C7H15NO5. The van der Waals surface area contributed by atoms with E-state index in [1.165, 1.54) is 0 Å². The number of hydrogen-bond donors (Lipinski definition) is 4. The second-order valence-corrected chi connectivity index (χ2v) is 2.11. The van der Waals surface area contributed by atoms with Crippen LogP contribution < -0.4 is 5.32 Å². The van der Waals surface area contributed by atoms with Crippen molar-refractivity contribution in [1.82, 2.24) is 5.32 Å². The summed E-state index contributed by atoms with van der Waals surface area (Å²) < 4.78 is 0. The summed E-state index contributed by atoms with van der Waals surface area (Å²) in [6.45, 7) is 0.927. The molecule has 4 N–H and O–H groups in total. The van der Waals surface area contributed by atoms with Gasteiger partial charge in [-0.1, -0.05) is 0 Å². The number of rotatable bonds is 5. The second-order valence-electron chi connectivity index (χ2n) is 2.11. The number of nitrogens with one attached hydrogen (secondary N) is 1. The predicted molar refractivity (Wildman–Crippen MR) is 45.5 cm³/mol. The Bertz CT molecular complexity index is 132. The molecule has 0 aromatic heterocycles. The van der Waals surface area contributed by atoms with Crippen molar-refractivity contribution in [1.29, 1.82) is 0 Å². The van der Waals surface area contributed by atoms with Gasteiger partial charge in [0.1, 0.15) is 0 Å². The highest BCUT2D eigenvalue weighted by Crippen LogP contribution is 1.86. The van der Waals surface area contributed by atoms with Crippen molar-refractivity contribution in [2.24, 2.45) is 0 Å². The van der Waals surface area contributed by atoms with Crippen molar-refractivity contribution < 1.29 is 24.9 Å². The van der Waals surface area contributed by atoms with Crippen LogP contribution in [0.5, 0.6) is 0 Å². The van der Waals surface area contributed by atoms with Crippen LogP contribution >= 0.6 is 0 Å². The Labute approximate surface area is 76.2 Å². The highest BCUT2D eigenvalue weighted by atomic mass is 16.4. The van der Waals surface area contributed by atoms with Crippen molar-refractivity contribution in [2.75, 3.05) is 20.2 Å². The lowest BCUT2D eigenvalue weighted by Crippen LogP contribution is -2.10. The van der Waals surface area contributed by atoms with Crippen LogP contribution in [0.2, 0.25) is 0 Å². The third kappa shape index (κ3) is 24.8. The molecule has 0 atom stereocenters. The lowest BCUT2D eigenvalue weighted by Gasteiger charge is -1.85. The molecule has 0 aliphatic rings. The third-order valence-corrected chi connectivity index (χ3v) is 0.915. The zero-order valence-electron chi connectivity index (χ0n) is 7.49. The molecule has 0 unspecified atom stereocenters. The van der Waals surface area contributed by atoms with Gasteiger partial charge in [0, 0.05) is 6.54 Å². The summed E-state index contributed by atoms with van der Waals surface area (Å²) >= 11 is 0. The molecule has 0 aliphatic heterocycles. The van der Waals surface area contributed by atoms with E-state index in [0.717, 1.165) is 0 Å². The number of carboxylic acids is 2. The first kappa shape index (κ1) is 14.4. The third-order valence-electron chi connectivity index (χ3n) is 0.915. The van der Waals surface area contributed by atoms with Gasteiger partial charge in [0.05, 0.1) is 19.4 Å². The van der Waals surface area contributed by atoms with Crippen LogP contribution in [0.1, 0.15) is 12.8 Å². The van der Waals surface area contributed by atoms with Crippen molar-refractivity contribution in [3.8, 4) is 0 Å². The molecule has 0 amide bonds. The Morgan fingerprint density at radius 1 is 1.15 bits per heavy atom. The van der Waals surface area contributed by atoms with Gasteiger partial charge in [-0.15, -0.1) is 0 Å². The average Bonchev–Trinajstić information content (AvgIpc) is 2.03. The van der Waals surface area contributed by atoms with E-state index < -0.39 is 11.9 Å². The summed E-state index contributed by atoms with van der Waals surface area (Å²) in [7, 11) is 1.80. The maximum atomic E-state index is 9.64. The molecular weight excluding hydrogens is 178 g/mol. The average molecular weight is 193 g/mol. The Morgan fingerprint density at radius 3 is 1.62 bits per heavy atom. The van der Waals surface area contributed by atoms with Gasteiger partial charge in [0.2, 0.25) is 0 Å². The van der Waals surface area contributed by atoms with E-state index in [9.17, 15) is 9.59 Å². The highest BCUT2D eigenvalue weighted by molar-refractivity contribution is 5.75. The predicted octanol–water partition coefficient (Wildman–Crippen LogP) is -0.866. The monoisotopic (exact) mass is 193 g/mol. The van der Waals surface area contributed by atoms with Crippen LogP contribution in [-0.4, -0.2) is 47.5 Å². The Kier molecular flexibility index (Phi) is 12.0. The van der Waals surface area contributed by atoms with Gasteiger partial charge in [-0.25, -0.2) is 0 Å². The quantitative estimate of drug-likeness (QED) is 0.452. The molecule has 0 rings (SSSR count). The van der Waals surface area contributed by atoms with Crippen LogP contribution in [0.25, 0.3) is 0 Å². The number of carbonyl (C=O) groups is 2. The standard InChI is InChI=1S/C4H6O4.C3H9NO/c5-3(6)1-2-4(7)8;1-4-2-3-5/h1-2H2,(H,5,6)(H,7,8);4-5H,2-3H2,1H3. The molecule has 0 spiro atoms. The van der Waals surface area contributed by atoms with E-state index in [4.69, 9.17) is 15.3 Å². The van der Waals surface area contributed by atoms with Gasteiger partial charge in [-0.2, -0.15) is 0 Å². The zero-order valence-corrected chi connectivity index (χ0v) is 7.49. The lowest BCUT2D eigenvalue weighted by molar-refractivity contribution is -0.143. The molecule has 6 nitrogen and oxygen atoms in total. The first-order valence-electron chi connectivity index (χ1n) is 3.73. The van der Waals surface area contributed by atoms with E-state index in [-0.39, 0.29) is 19.4 Å². The van der Waals surface area contributed by atoms with E-state index in [1.54, 1.807) is 7.05 Å². The first-order chi connectivity index (χ1) is 6.04. The molecule has 0 saturated heterocycles. The van der Waals surface area contributed by atoms with Crippen LogP contribution in [0.15, 0.2) is 0 Å². The largest absolute Gasteiger partial charge is 0.481 e. The minimum Gasteiger partial charge on any atom is -0.481 e. The summed E-state index contributed by atoms with van der Waals surface area (Å²) in [6, 6.07) is 0. The summed E-state index contributed by atoms with van der Waals surface area (Å²) in [5, 5.41) is 26.6. The Balaban J connectivity index is 0. The molecule has 0 saturated carbocycles. The molecule has 0 radical (unpaired) electrons. The number of likely N-dealkylation sites (N-methyl/N-ethyl adjacent to an activating group) is 1. The van der Waals surface area contributed by atoms with Gasteiger partial charge in [0.25, 0.3) is 0 Å². The fraction of sp³-hybridized carbons (Fsp3) is 0.714. The number of aliphatic hydroxyl groups is 1. The van der Waals surface area contributed by atoms with E-state index >= 15 is 0 Å². The molecule has 0 aromatic carbocycles. The van der Waals surface area contributed by atoms with Crippen LogP contribution in [0.4, 0.5) is 0 Å². The van der Waals surface area contributed by atoms with Crippen molar-refractivity contribution in [3.63, 3.8) is 0 Å². The fourth-order valence-electron chi connectivity index (χ4n) is 0.326. The van der Waals surface area contributed by atoms with Crippen LogP contribution in [0, 0.1) is 0 Å². The van der Waals surface area contributed by atoms with Gasteiger partial charge in [0.15, 0.2) is 0 Å². The highest BCUT2D eigenvalue weighted by Gasteiger charge is 2.00. The van der Waals surface area contributed by atoms with Crippen molar-refractivity contribution >= 4 is 11.9 Å². The smallest absolute Gasteiger partial charge is 0.303 e. The van der Waals surface area contributed by atoms with Gasteiger partial charge < -0.3 is 20.6 Å². The fourth-order valence-corrected chi connectivity index (χ4v) is 0.326. The molecule has 0 heterocycles. The normalized spacial score (nSPS) is 8.46. The van der Waals surface area contributed by atoms with Crippen molar-refractivity contribution in [3.05, 3.63) is 0 Å². The molecule has 0 bridgehead atoms. The van der Waals surface area contributed by atoms with E-state index in [2.05, 4.69) is 5.32 Å². The first-order valence-corrected chi connectivity index (χ1v) is 3.73. The van der Waals surface area contributed by atoms with E-state index in [0.29, 0.717) is 6.54 Å². The summed E-state index contributed by atoms with van der Waals surface area (Å²) in [5.41, 5.74) is 0. The van der Waals surface area contributed by atoms with E-state index in [1.807, 2.05) is 0 Å². The molecule has 0 fully saturated rings. The van der Waals surface area contributed by atoms with Gasteiger partial charge >= 0.3 is 11.9 Å². The minimum atomic E-state index is -1.08. The maximum Gasteiger partial charge on any atom is 0.303 e. The number of aliphatic carboxylic acids is 2. The maximum absolute atomic E-state index is 9.64. The summed E-state index contributed by atoms with van der Waals surface area (Å²) in [6.07, 6.45) is -0.593. The lowest BCUT2D eigenvalue weighted by atomic mass is 10.3. The number of aliphatic hydroxyl groups excluding tert-OH is 1. The number of hydrogen-bond acceptors (Lipinski definition) is 4. The van der Waals surface area contributed by atoms with Gasteiger partial charge in [-0.05, 0) is 7.05 Å². The molecule has 13 heavy (non-hydrogen) atoms. The molecule has 0 aromatic rings.